The molecule has 2 aromatic heterocycles. The second-order valence-corrected chi connectivity index (χ2v) is 2.77. The maximum atomic E-state index is 10.6. The number of rotatable bonds is 3. The summed E-state index contributed by atoms with van der Waals surface area (Å²) in [6, 6.07) is 1.08. The Morgan fingerprint density at radius 1 is 1.62 bits per heavy atom. The average molecular weight is 224 g/mol. The van der Waals surface area contributed by atoms with Crippen molar-refractivity contribution in [3.05, 3.63) is 28.1 Å². The fourth-order valence-corrected chi connectivity index (χ4v) is 1.10. The highest BCUT2D eigenvalue weighted by Crippen LogP contribution is 2.27. The van der Waals surface area contributed by atoms with E-state index in [4.69, 9.17) is 5.11 Å². The van der Waals surface area contributed by atoms with Crippen molar-refractivity contribution < 1.29 is 19.3 Å². The maximum absolute atomic E-state index is 10.6. The predicted molar refractivity (Wildman–Crippen MR) is 47.7 cm³/mol. The molecule has 0 unspecified atom stereocenters. The molecule has 0 spiro atoms. The first-order chi connectivity index (χ1) is 7.59. The highest BCUT2D eigenvalue weighted by molar-refractivity contribution is 5.86. The van der Waals surface area contributed by atoms with Crippen LogP contribution < -0.4 is 0 Å². The number of aromatic carboxylic acids is 1. The number of carboxylic acids is 1. The topological polar surface area (TPSA) is 135 Å². The molecule has 9 heteroatoms. The van der Waals surface area contributed by atoms with Crippen LogP contribution in [-0.2, 0) is 0 Å². The van der Waals surface area contributed by atoms with Crippen molar-refractivity contribution in [1.82, 2.24) is 15.4 Å². The van der Waals surface area contributed by atoms with Crippen LogP contribution in [0.2, 0.25) is 0 Å². The van der Waals surface area contributed by atoms with Gasteiger partial charge in [-0.3, -0.25) is 0 Å². The molecule has 0 saturated heterocycles. The lowest BCUT2D eigenvalue weighted by Crippen LogP contribution is -1.94. The minimum absolute atomic E-state index is 0.0298. The van der Waals surface area contributed by atoms with Crippen LogP contribution in [0.5, 0.6) is 0 Å². The summed E-state index contributed by atoms with van der Waals surface area (Å²) < 4.78 is 4.67. The van der Waals surface area contributed by atoms with Gasteiger partial charge in [0.25, 0.3) is 0 Å². The second-order valence-electron chi connectivity index (χ2n) is 2.77. The summed E-state index contributed by atoms with van der Waals surface area (Å²) in [6.07, 6.45) is 1.16. The van der Waals surface area contributed by atoms with Gasteiger partial charge in [-0.2, -0.15) is 0 Å². The second kappa shape index (κ2) is 3.46. The van der Waals surface area contributed by atoms with Gasteiger partial charge in [-0.1, -0.05) is 10.3 Å². The van der Waals surface area contributed by atoms with Crippen LogP contribution in [0.25, 0.3) is 11.3 Å². The predicted octanol–water partition coefficient (Wildman–Crippen LogP) is 0.671. The van der Waals surface area contributed by atoms with Crippen LogP contribution in [0.3, 0.4) is 0 Å². The Morgan fingerprint density at radius 3 is 2.94 bits per heavy atom. The van der Waals surface area contributed by atoms with E-state index in [9.17, 15) is 14.9 Å². The SMILES string of the molecule is O=C(O)c1cc(-c2cn[nH]c2[N+](=O)[O-])on1. The van der Waals surface area contributed by atoms with E-state index in [0.717, 1.165) is 12.3 Å². The van der Waals surface area contributed by atoms with Gasteiger partial charge in [-0.25, -0.2) is 4.79 Å². The summed E-state index contributed by atoms with van der Waals surface area (Å²) in [5.74, 6) is -1.69. The molecule has 0 saturated carbocycles. The fraction of sp³-hybridized carbons (Fsp3) is 0. The van der Waals surface area contributed by atoms with E-state index in [1.807, 2.05) is 0 Å². The van der Waals surface area contributed by atoms with E-state index in [2.05, 4.69) is 19.9 Å². The van der Waals surface area contributed by atoms with Crippen molar-refractivity contribution in [2.75, 3.05) is 0 Å². The third kappa shape index (κ3) is 1.49. The smallest absolute Gasteiger partial charge is 0.358 e. The van der Waals surface area contributed by atoms with Gasteiger partial charge in [0.1, 0.15) is 5.56 Å². The number of H-pyrrole nitrogens is 1. The average Bonchev–Trinajstić information content (AvgIpc) is 2.86. The molecule has 2 aromatic rings. The lowest BCUT2D eigenvalue weighted by Gasteiger charge is -1.91. The molecule has 2 rings (SSSR count). The van der Waals surface area contributed by atoms with Gasteiger partial charge >= 0.3 is 11.8 Å². The molecule has 0 radical (unpaired) electrons. The Bertz CT molecular complexity index is 557. The van der Waals surface area contributed by atoms with Crippen LogP contribution in [0, 0.1) is 10.1 Å². The number of nitrogens with zero attached hydrogens (tertiary/aromatic N) is 3. The van der Waals surface area contributed by atoms with Crippen LogP contribution in [0.4, 0.5) is 5.82 Å². The van der Waals surface area contributed by atoms with Crippen molar-refractivity contribution in [3.8, 4) is 11.3 Å². The first-order valence-electron chi connectivity index (χ1n) is 3.97. The molecule has 0 fully saturated rings. The van der Waals surface area contributed by atoms with Crippen LogP contribution in [-0.4, -0.2) is 31.4 Å². The van der Waals surface area contributed by atoms with Crippen molar-refractivity contribution in [2.45, 2.75) is 0 Å². The molecule has 2 heterocycles. The van der Waals surface area contributed by atoms with Gasteiger partial charge in [-0.15, -0.1) is 5.10 Å². The molecular weight excluding hydrogens is 220 g/mol. The van der Waals surface area contributed by atoms with Crippen molar-refractivity contribution in [3.63, 3.8) is 0 Å². The zero-order chi connectivity index (χ0) is 11.7. The molecule has 82 valence electrons. The zero-order valence-corrected chi connectivity index (χ0v) is 7.58. The quantitative estimate of drug-likeness (QED) is 0.577. The Balaban J connectivity index is 2.46. The standard InChI is InChI=1S/C7H4N4O5/c12-7(13)4-1-5(16-10-4)3-2-8-9-6(3)11(14)15/h1-2H,(H,8,9)(H,12,13). The number of carboxylic acid groups (broad SMARTS) is 1. The Labute approximate surface area is 86.8 Å². The third-order valence-corrected chi connectivity index (χ3v) is 1.80. The zero-order valence-electron chi connectivity index (χ0n) is 7.58. The van der Waals surface area contributed by atoms with Crippen LogP contribution >= 0.6 is 0 Å². The maximum Gasteiger partial charge on any atom is 0.358 e. The molecule has 0 aromatic carbocycles. The summed E-state index contributed by atoms with van der Waals surface area (Å²) in [7, 11) is 0. The summed E-state index contributed by atoms with van der Waals surface area (Å²) in [5.41, 5.74) is -0.282. The molecule has 9 nitrogen and oxygen atoms in total. The molecule has 2 N–H and O–H groups in total. The van der Waals surface area contributed by atoms with Crippen molar-refractivity contribution in [1.29, 1.82) is 0 Å². The Kier molecular flexibility index (Phi) is 2.12. The van der Waals surface area contributed by atoms with Gasteiger partial charge in [-0.05, 0) is 4.92 Å². The Hall–Kier alpha value is -2.71. The molecular formula is C7H4N4O5. The molecule has 0 aliphatic heterocycles. The number of nitro groups is 1. The summed E-state index contributed by atoms with van der Waals surface area (Å²) in [5, 5.41) is 28.0. The molecule has 0 aliphatic carbocycles. The molecule has 0 amide bonds. The van der Waals surface area contributed by atoms with E-state index in [1.165, 1.54) is 0 Å². The van der Waals surface area contributed by atoms with Gasteiger partial charge in [0.2, 0.25) is 0 Å². The third-order valence-electron chi connectivity index (χ3n) is 1.80. The molecule has 16 heavy (non-hydrogen) atoms. The number of nitrogens with one attached hydrogen (secondary N) is 1. The fourth-order valence-electron chi connectivity index (χ4n) is 1.10. The van der Waals surface area contributed by atoms with E-state index >= 15 is 0 Å². The van der Waals surface area contributed by atoms with Crippen LogP contribution in [0.1, 0.15) is 10.5 Å². The normalized spacial score (nSPS) is 10.2. The van der Waals surface area contributed by atoms with Gasteiger partial charge in [0.15, 0.2) is 11.5 Å². The molecule has 0 aliphatic rings. The minimum Gasteiger partial charge on any atom is -0.476 e. The van der Waals surface area contributed by atoms with Crippen LogP contribution in [0.15, 0.2) is 16.8 Å². The van der Waals surface area contributed by atoms with Gasteiger partial charge in [0, 0.05) is 6.07 Å². The highest BCUT2D eigenvalue weighted by atomic mass is 16.6. The largest absolute Gasteiger partial charge is 0.476 e. The first-order valence-corrected chi connectivity index (χ1v) is 3.97. The van der Waals surface area contributed by atoms with Gasteiger partial charge < -0.3 is 19.7 Å². The van der Waals surface area contributed by atoms with Crippen molar-refractivity contribution in [2.24, 2.45) is 0 Å². The van der Waals surface area contributed by atoms with E-state index in [1.54, 1.807) is 0 Å². The van der Waals surface area contributed by atoms with E-state index in [0.29, 0.717) is 0 Å². The lowest BCUT2D eigenvalue weighted by molar-refractivity contribution is -0.388. The number of aromatic nitrogens is 3. The van der Waals surface area contributed by atoms with E-state index < -0.39 is 10.9 Å². The minimum atomic E-state index is -1.28. The Morgan fingerprint density at radius 2 is 2.38 bits per heavy atom. The van der Waals surface area contributed by atoms with E-state index in [-0.39, 0.29) is 22.8 Å². The summed E-state index contributed by atoms with van der Waals surface area (Å²) in [4.78, 5) is 20.4. The number of hydrogen-bond acceptors (Lipinski definition) is 6. The number of hydrogen-bond donors (Lipinski definition) is 2. The highest BCUT2D eigenvalue weighted by Gasteiger charge is 2.22. The first kappa shape index (κ1) is 9.83. The van der Waals surface area contributed by atoms with Crippen molar-refractivity contribution >= 4 is 11.8 Å². The summed E-state index contributed by atoms with van der Waals surface area (Å²) in [6.45, 7) is 0. The monoisotopic (exact) mass is 224 g/mol. The molecule has 0 atom stereocenters. The number of aromatic amines is 1. The summed E-state index contributed by atoms with van der Waals surface area (Å²) >= 11 is 0. The lowest BCUT2D eigenvalue weighted by atomic mass is 10.2. The molecule has 0 bridgehead atoms. The van der Waals surface area contributed by atoms with Gasteiger partial charge in [0.05, 0.1) is 6.20 Å². The number of carbonyl (C=O) groups is 1.